The highest BCUT2D eigenvalue weighted by Crippen LogP contribution is 2.38. The standard InChI is InChI=1S/C19H18ClN5O3/c1-10-15-11(8-25(2)24-15)5-13(16(10)28-9-26-3)18-22-17-14(19(23-18)27-4)6-12(20)7-21-17/h5-8H,9H2,1-4H3. The molecule has 0 radical (unpaired) electrons. The normalized spacial score (nSPS) is 11.3. The van der Waals surface area contributed by atoms with E-state index in [9.17, 15) is 0 Å². The Morgan fingerprint density at radius 2 is 2.00 bits per heavy atom. The van der Waals surface area contributed by atoms with Gasteiger partial charge in [0.05, 0.1) is 28.6 Å². The van der Waals surface area contributed by atoms with Gasteiger partial charge in [0.2, 0.25) is 5.88 Å². The Labute approximate surface area is 166 Å². The SMILES string of the molecule is COCOc1c(-c2nc(OC)c3cc(Cl)cnc3n2)cc2cn(C)nc2c1C. The molecule has 0 aliphatic rings. The van der Waals surface area contributed by atoms with Crippen molar-refractivity contribution < 1.29 is 14.2 Å². The monoisotopic (exact) mass is 399 g/mol. The highest BCUT2D eigenvalue weighted by molar-refractivity contribution is 6.31. The van der Waals surface area contributed by atoms with Crippen LogP contribution < -0.4 is 9.47 Å². The van der Waals surface area contributed by atoms with Crippen molar-refractivity contribution in [2.24, 2.45) is 7.05 Å². The maximum absolute atomic E-state index is 6.06. The Hall–Kier alpha value is -2.97. The third kappa shape index (κ3) is 3.10. The number of hydrogen-bond acceptors (Lipinski definition) is 7. The van der Waals surface area contributed by atoms with E-state index < -0.39 is 0 Å². The second-order valence-electron chi connectivity index (χ2n) is 6.25. The molecule has 3 aromatic heterocycles. The lowest BCUT2D eigenvalue weighted by Crippen LogP contribution is -2.04. The van der Waals surface area contributed by atoms with Crippen LogP contribution in [0.2, 0.25) is 5.02 Å². The molecule has 0 N–H and O–H groups in total. The number of hydrogen-bond donors (Lipinski definition) is 0. The number of pyridine rings is 1. The van der Waals surface area contributed by atoms with E-state index in [1.165, 1.54) is 6.20 Å². The van der Waals surface area contributed by atoms with Gasteiger partial charge in [-0.25, -0.2) is 9.97 Å². The molecule has 0 atom stereocenters. The van der Waals surface area contributed by atoms with E-state index in [0.717, 1.165) is 16.5 Å². The molecule has 28 heavy (non-hydrogen) atoms. The number of benzene rings is 1. The number of aryl methyl sites for hydroxylation is 2. The van der Waals surface area contributed by atoms with Gasteiger partial charge >= 0.3 is 0 Å². The zero-order valence-corrected chi connectivity index (χ0v) is 16.6. The average Bonchev–Trinajstić information content (AvgIpc) is 3.07. The summed E-state index contributed by atoms with van der Waals surface area (Å²) in [6.45, 7) is 2.03. The van der Waals surface area contributed by atoms with Gasteiger partial charge in [0.1, 0.15) is 5.75 Å². The van der Waals surface area contributed by atoms with E-state index in [4.69, 9.17) is 25.8 Å². The van der Waals surface area contributed by atoms with Crippen LogP contribution in [-0.4, -0.2) is 45.7 Å². The quantitative estimate of drug-likeness (QED) is 0.474. The van der Waals surface area contributed by atoms with Crippen LogP contribution in [0.3, 0.4) is 0 Å². The molecule has 0 bridgehead atoms. The van der Waals surface area contributed by atoms with Crippen molar-refractivity contribution in [2.75, 3.05) is 21.0 Å². The molecule has 4 aromatic rings. The number of rotatable bonds is 5. The predicted octanol–water partition coefficient (Wildman–Crippen LogP) is 3.53. The molecule has 4 rings (SSSR count). The van der Waals surface area contributed by atoms with E-state index in [-0.39, 0.29) is 6.79 Å². The van der Waals surface area contributed by atoms with Crippen LogP contribution in [0, 0.1) is 6.92 Å². The summed E-state index contributed by atoms with van der Waals surface area (Å²) in [6, 6.07) is 3.67. The van der Waals surface area contributed by atoms with Crippen molar-refractivity contribution in [2.45, 2.75) is 6.92 Å². The second-order valence-corrected chi connectivity index (χ2v) is 6.69. The van der Waals surface area contributed by atoms with Crippen LogP contribution in [0.4, 0.5) is 0 Å². The summed E-state index contributed by atoms with van der Waals surface area (Å²) in [5.41, 5.74) is 2.90. The topological polar surface area (TPSA) is 84.2 Å². The summed E-state index contributed by atoms with van der Waals surface area (Å²) in [6.07, 6.45) is 3.47. The third-order valence-electron chi connectivity index (χ3n) is 4.34. The van der Waals surface area contributed by atoms with Gasteiger partial charge in [0, 0.05) is 37.5 Å². The van der Waals surface area contributed by atoms with Gasteiger partial charge in [-0.3, -0.25) is 4.68 Å². The highest BCUT2D eigenvalue weighted by atomic mass is 35.5. The van der Waals surface area contributed by atoms with Gasteiger partial charge in [-0.15, -0.1) is 0 Å². The Morgan fingerprint density at radius 3 is 2.75 bits per heavy atom. The molecule has 0 saturated heterocycles. The first-order valence-electron chi connectivity index (χ1n) is 8.48. The van der Waals surface area contributed by atoms with E-state index >= 15 is 0 Å². The Morgan fingerprint density at radius 1 is 1.18 bits per heavy atom. The van der Waals surface area contributed by atoms with Gasteiger partial charge in [0.15, 0.2) is 18.3 Å². The first-order chi connectivity index (χ1) is 13.5. The molecular weight excluding hydrogens is 382 g/mol. The highest BCUT2D eigenvalue weighted by Gasteiger charge is 2.20. The maximum atomic E-state index is 6.06. The molecule has 0 spiro atoms. The summed E-state index contributed by atoms with van der Waals surface area (Å²) in [5.74, 6) is 1.42. The minimum Gasteiger partial charge on any atom is -0.480 e. The molecule has 0 saturated carbocycles. The molecule has 0 amide bonds. The predicted molar refractivity (Wildman–Crippen MR) is 106 cm³/mol. The number of nitrogens with zero attached hydrogens (tertiary/aromatic N) is 5. The van der Waals surface area contributed by atoms with Crippen LogP contribution in [0.5, 0.6) is 11.6 Å². The second kappa shape index (κ2) is 7.21. The molecule has 144 valence electrons. The minimum absolute atomic E-state index is 0.0880. The molecule has 9 heteroatoms. The molecule has 8 nitrogen and oxygen atoms in total. The van der Waals surface area contributed by atoms with E-state index in [1.54, 1.807) is 25.0 Å². The average molecular weight is 400 g/mol. The van der Waals surface area contributed by atoms with Gasteiger partial charge in [-0.1, -0.05) is 11.6 Å². The molecular formula is C19H18ClN5O3. The lowest BCUT2D eigenvalue weighted by Gasteiger charge is -2.14. The van der Waals surface area contributed by atoms with Gasteiger partial charge in [0.25, 0.3) is 0 Å². The Bertz CT molecular complexity index is 1190. The van der Waals surface area contributed by atoms with Crippen molar-refractivity contribution in [1.29, 1.82) is 0 Å². The molecule has 1 aromatic carbocycles. The lowest BCUT2D eigenvalue weighted by atomic mass is 10.0. The zero-order valence-electron chi connectivity index (χ0n) is 15.9. The van der Waals surface area contributed by atoms with E-state index in [0.29, 0.717) is 39.1 Å². The van der Waals surface area contributed by atoms with Crippen molar-refractivity contribution in [1.82, 2.24) is 24.7 Å². The molecule has 0 aliphatic carbocycles. The Kier molecular flexibility index (Phi) is 4.74. The van der Waals surface area contributed by atoms with Crippen LogP contribution in [0.15, 0.2) is 24.5 Å². The van der Waals surface area contributed by atoms with Crippen molar-refractivity contribution in [3.8, 4) is 23.0 Å². The number of methoxy groups -OCH3 is 2. The van der Waals surface area contributed by atoms with E-state index in [1.807, 2.05) is 26.2 Å². The van der Waals surface area contributed by atoms with Crippen molar-refractivity contribution in [3.05, 3.63) is 35.1 Å². The lowest BCUT2D eigenvalue weighted by molar-refractivity contribution is 0.0511. The van der Waals surface area contributed by atoms with Gasteiger partial charge in [-0.05, 0) is 19.1 Å². The van der Waals surface area contributed by atoms with Crippen molar-refractivity contribution >= 4 is 33.5 Å². The Balaban J connectivity index is 2.00. The number of ether oxygens (including phenoxy) is 3. The largest absolute Gasteiger partial charge is 0.480 e. The summed E-state index contributed by atoms with van der Waals surface area (Å²) in [7, 11) is 4.99. The summed E-state index contributed by atoms with van der Waals surface area (Å²) in [4.78, 5) is 13.5. The molecule has 0 fully saturated rings. The molecule has 0 unspecified atom stereocenters. The summed E-state index contributed by atoms with van der Waals surface area (Å²) < 4.78 is 18.2. The summed E-state index contributed by atoms with van der Waals surface area (Å²) >= 11 is 6.06. The van der Waals surface area contributed by atoms with Gasteiger partial charge < -0.3 is 14.2 Å². The molecule has 3 heterocycles. The first kappa shape index (κ1) is 18.4. The smallest absolute Gasteiger partial charge is 0.226 e. The fourth-order valence-electron chi connectivity index (χ4n) is 3.14. The van der Waals surface area contributed by atoms with E-state index in [2.05, 4.69) is 20.1 Å². The minimum atomic E-state index is 0.0880. The van der Waals surface area contributed by atoms with Gasteiger partial charge in [-0.2, -0.15) is 10.1 Å². The fraction of sp³-hybridized carbons (Fsp3) is 0.263. The third-order valence-corrected chi connectivity index (χ3v) is 4.54. The van der Waals surface area contributed by atoms with Crippen LogP contribution in [0.1, 0.15) is 5.56 Å². The van der Waals surface area contributed by atoms with Crippen LogP contribution in [0.25, 0.3) is 33.3 Å². The zero-order chi connectivity index (χ0) is 19.8. The summed E-state index contributed by atoms with van der Waals surface area (Å²) in [5, 5.41) is 6.58. The van der Waals surface area contributed by atoms with Crippen LogP contribution in [-0.2, 0) is 11.8 Å². The van der Waals surface area contributed by atoms with Crippen molar-refractivity contribution in [3.63, 3.8) is 0 Å². The fourth-order valence-corrected chi connectivity index (χ4v) is 3.30. The number of fused-ring (bicyclic) bond motifs is 2. The maximum Gasteiger partial charge on any atom is 0.226 e. The molecule has 0 aliphatic heterocycles. The first-order valence-corrected chi connectivity index (χ1v) is 8.86. The van der Waals surface area contributed by atoms with Crippen LogP contribution >= 0.6 is 11.6 Å². The number of aromatic nitrogens is 5. The number of halogens is 1.